The van der Waals surface area contributed by atoms with Crippen molar-refractivity contribution < 1.29 is 18.7 Å². The van der Waals surface area contributed by atoms with Crippen LogP contribution in [0, 0.1) is 5.82 Å². The third-order valence-corrected chi connectivity index (χ3v) is 3.03. The topological polar surface area (TPSA) is 43.4 Å². The first-order valence-corrected chi connectivity index (χ1v) is 5.77. The number of esters is 2. The van der Waals surface area contributed by atoms with Crippen LogP contribution in [0.25, 0.3) is 0 Å². The predicted octanol–water partition coefficient (Wildman–Crippen LogP) is 2.73. The summed E-state index contributed by atoms with van der Waals surface area (Å²) in [6.07, 6.45) is 0.565. The van der Waals surface area contributed by atoms with Crippen molar-refractivity contribution in [1.82, 2.24) is 0 Å². The molecule has 0 aromatic heterocycles. The standard InChI is InChI=1S/C15H9FO3/c16-11-4-1-9(2-5-11)7-10-3-6-12-13(8-10)15(18)19-14(12)17/h1-6,8H,7H2. The molecule has 0 unspecified atom stereocenters. The molecule has 0 saturated heterocycles. The van der Waals surface area contributed by atoms with E-state index in [1.54, 1.807) is 30.3 Å². The fraction of sp³-hybridized carbons (Fsp3) is 0.0667. The van der Waals surface area contributed by atoms with E-state index in [1.165, 1.54) is 12.1 Å². The van der Waals surface area contributed by atoms with Gasteiger partial charge in [0.05, 0.1) is 11.1 Å². The SMILES string of the molecule is O=C1OC(=O)c2cc(Cc3ccc(F)cc3)ccc21. The van der Waals surface area contributed by atoms with Crippen molar-refractivity contribution in [3.05, 3.63) is 70.5 Å². The number of fused-ring (bicyclic) bond motifs is 1. The summed E-state index contributed by atoms with van der Waals surface area (Å²) in [5, 5.41) is 0. The number of carbonyl (C=O) groups is 2. The molecule has 0 aliphatic carbocycles. The summed E-state index contributed by atoms with van der Waals surface area (Å²) in [5.74, 6) is -1.50. The second-order valence-corrected chi connectivity index (χ2v) is 4.36. The van der Waals surface area contributed by atoms with Crippen LogP contribution >= 0.6 is 0 Å². The molecule has 1 aliphatic heterocycles. The van der Waals surface area contributed by atoms with Gasteiger partial charge in [0, 0.05) is 0 Å². The van der Waals surface area contributed by atoms with Gasteiger partial charge in [-0.15, -0.1) is 0 Å². The van der Waals surface area contributed by atoms with Crippen LogP contribution in [0.15, 0.2) is 42.5 Å². The van der Waals surface area contributed by atoms with Gasteiger partial charge in [-0.05, 0) is 41.8 Å². The molecule has 0 spiro atoms. The summed E-state index contributed by atoms with van der Waals surface area (Å²) in [7, 11) is 0. The van der Waals surface area contributed by atoms with Gasteiger partial charge in [-0.1, -0.05) is 18.2 Å². The van der Waals surface area contributed by atoms with E-state index in [2.05, 4.69) is 4.74 Å². The Morgan fingerprint density at radius 2 is 1.47 bits per heavy atom. The summed E-state index contributed by atoms with van der Waals surface area (Å²) in [4.78, 5) is 22.7. The smallest absolute Gasteiger partial charge is 0.346 e. The highest BCUT2D eigenvalue weighted by molar-refractivity contribution is 6.14. The van der Waals surface area contributed by atoms with E-state index in [0.29, 0.717) is 17.5 Å². The van der Waals surface area contributed by atoms with Crippen LogP contribution < -0.4 is 0 Å². The minimum absolute atomic E-state index is 0.285. The monoisotopic (exact) mass is 256 g/mol. The Bertz CT molecular complexity index is 674. The summed E-state index contributed by atoms with van der Waals surface area (Å²) >= 11 is 0. The maximum absolute atomic E-state index is 12.8. The van der Waals surface area contributed by atoms with Gasteiger partial charge in [0.2, 0.25) is 0 Å². The van der Waals surface area contributed by atoms with Crippen LogP contribution in [-0.2, 0) is 11.2 Å². The molecule has 0 bridgehead atoms. The number of carbonyl (C=O) groups excluding carboxylic acids is 2. The molecule has 94 valence electrons. The van der Waals surface area contributed by atoms with Gasteiger partial charge >= 0.3 is 11.9 Å². The van der Waals surface area contributed by atoms with Crippen molar-refractivity contribution >= 4 is 11.9 Å². The molecule has 3 rings (SSSR count). The van der Waals surface area contributed by atoms with E-state index in [9.17, 15) is 14.0 Å². The zero-order valence-corrected chi connectivity index (χ0v) is 9.85. The number of hydrogen-bond donors (Lipinski definition) is 0. The predicted molar refractivity (Wildman–Crippen MR) is 65.4 cm³/mol. The lowest BCUT2D eigenvalue weighted by Gasteiger charge is -2.03. The molecule has 2 aromatic rings. The Morgan fingerprint density at radius 3 is 2.21 bits per heavy atom. The Balaban J connectivity index is 1.91. The summed E-state index contributed by atoms with van der Waals surface area (Å²) in [6.45, 7) is 0. The quantitative estimate of drug-likeness (QED) is 0.613. The van der Waals surface area contributed by atoms with Crippen molar-refractivity contribution in [3.63, 3.8) is 0 Å². The average Bonchev–Trinajstić information content (AvgIpc) is 2.68. The van der Waals surface area contributed by atoms with E-state index in [1.807, 2.05) is 0 Å². The molecule has 0 radical (unpaired) electrons. The summed E-state index contributed by atoms with van der Waals surface area (Å²) < 4.78 is 17.3. The van der Waals surface area contributed by atoms with Crippen LogP contribution in [0.3, 0.4) is 0 Å². The highest BCUT2D eigenvalue weighted by atomic mass is 19.1. The van der Waals surface area contributed by atoms with Gasteiger partial charge in [0.15, 0.2) is 0 Å². The lowest BCUT2D eigenvalue weighted by atomic mass is 10.0. The van der Waals surface area contributed by atoms with E-state index in [-0.39, 0.29) is 5.82 Å². The van der Waals surface area contributed by atoms with Crippen molar-refractivity contribution in [1.29, 1.82) is 0 Å². The fourth-order valence-electron chi connectivity index (χ4n) is 2.08. The van der Waals surface area contributed by atoms with Gasteiger partial charge in [-0.25, -0.2) is 14.0 Å². The fourth-order valence-corrected chi connectivity index (χ4v) is 2.08. The van der Waals surface area contributed by atoms with Gasteiger partial charge in [0.25, 0.3) is 0 Å². The number of ether oxygens (including phenoxy) is 1. The zero-order chi connectivity index (χ0) is 13.4. The van der Waals surface area contributed by atoms with Gasteiger partial charge in [-0.3, -0.25) is 0 Å². The molecule has 3 nitrogen and oxygen atoms in total. The second-order valence-electron chi connectivity index (χ2n) is 4.36. The molecular weight excluding hydrogens is 247 g/mol. The molecule has 4 heteroatoms. The van der Waals surface area contributed by atoms with Crippen molar-refractivity contribution in [2.24, 2.45) is 0 Å². The van der Waals surface area contributed by atoms with E-state index >= 15 is 0 Å². The molecule has 0 atom stereocenters. The first-order valence-electron chi connectivity index (χ1n) is 5.77. The molecule has 19 heavy (non-hydrogen) atoms. The molecule has 0 fully saturated rings. The number of benzene rings is 2. The average molecular weight is 256 g/mol. The normalized spacial score (nSPS) is 13.3. The van der Waals surface area contributed by atoms with Crippen molar-refractivity contribution in [2.75, 3.05) is 0 Å². The molecule has 0 amide bonds. The Labute approximate surface area is 108 Å². The van der Waals surface area contributed by atoms with Crippen LogP contribution in [0.5, 0.6) is 0 Å². The summed E-state index contributed by atoms with van der Waals surface area (Å²) in [6, 6.07) is 11.1. The third kappa shape index (κ3) is 2.12. The third-order valence-electron chi connectivity index (χ3n) is 3.03. The molecule has 1 aliphatic rings. The van der Waals surface area contributed by atoms with Crippen LogP contribution in [-0.4, -0.2) is 11.9 Å². The van der Waals surface area contributed by atoms with E-state index in [4.69, 9.17) is 0 Å². The Kier molecular flexibility index (Phi) is 2.63. The van der Waals surface area contributed by atoms with Gasteiger partial charge < -0.3 is 4.74 Å². The molecule has 0 N–H and O–H groups in total. The van der Waals surface area contributed by atoms with Crippen LogP contribution in [0.2, 0.25) is 0 Å². The molecule has 1 heterocycles. The number of rotatable bonds is 2. The Morgan fingerprint density at radius 1 is 0.842 bits per heavy atom. The minimum Gasteiger partial charge on any atom is -0.386 e. The number of cyclic esters (lactones) is 2. The van der Waals surface area contributed by atoms with Gasteiger partial charge in [0.1, 0.15) is 5.82 Å². The minimum atomic E-state index is -0.610. The molecular formula is C15H9FO3. The largest absolute Gasteiger partial charge is 0.386 e. The van der Waals surface area contributed by atoms with Crippen LogP contribution in [0.4, 0.5) is 4.39 Å². The Hall–Kier alpha value is -2.49. The maximum atomic E-state index is 12.8. The zero-order valence-electron chi connectivity index (χ0n) is 9.85. The van der Waals surface area contributed by atoms with E-state index in [0.717, 1.165) is 11.1 Å². The first kappa shape index (κ1) is 11.6. The number of halogens is 1. The first-order chi connectivity index (χ1) is 9.13. The number of hydrogen-bond acceptors (Lipinski definition) is 3. The summed E-state index contributed by atoms with van der Waals surface area (Å²) in [5.41, 5.74) is 2.40. The highest BCUT2D eigenvalue weighted by Gasteiger charge is 2.29. The maximum Gasteiger partial charge on any atom is 0.346 e. The van der Waals surface area contributed by atoms with Crippen LogP contribution in [0.1, 0.15) is 31.8 Å². The molecule has 0 saturated carbocycles. The van der Waals surface area contributed by atoms with Crippen molar-refractivity contribution in [3.8, 4) is 0 Å². The van der Waals surface area contributed by atoms with Crippen molar-refractivity contribution in [2.45, 2.75) is 6.42 Å². The lowest BCUT2D eigenvalue weighted by Crippen LogP contribution is -1.97. The van der Waals surface area contributed by atoms with E-state index < -0.39 is 11.9 Å². The molecule has 2 aromatic carbocycles. The highest BCUT2D eigenvalue weighted by Crippen LogP contribution is 2.22. The second kappa shape index (κ2) is 4.31. The lowest BCUT2D eigenvalue weighted by molar-refractivity contribution is 0.0444. The van der Waals surface area contributed by atoms with Gasteiger partial charge in [-0.2, -0.15) is 0 Å².